The SMILES string of the molecule is CN=C(NCc1ccccc1F)NCc1ccccc1S(=O)(=O)N1CCN(C)CC1.I. The standard InChI is InChI=1S/C21H28FN5O2S.HI/c1-23-21(24-15-17-7-3-5-9-19(17)22)25-16-18-8-4-6-10-20(18)30(28,29)27-13-11-26(2)12-14-27;/h3-10H,11-16H2,1-2H3,(H2,23,24,25);1H. The first-order valence-corrected chi connectivity index (χ1v) is 11.3. The fourth-order valence-corrected chi connectivity index (χ4v) is 4.93. The number of hydrogen-bond acceptors (Lipinski definition) is 4. The predicted molar refractivity (Wildman–Crippen MR) is 132 cm³/mol. The van der Waals surface area contributed by atoms with E-state index in [9.17, 15) is 12.8 Å². The van der Waals surface area contributed by atoms with Gasteiger partial charge in [-0.25, -0.2) is 12.8 Å². The molecule has 0 amide bonds. The average molecular weight is 561 g/mol. The van der Waals surface area contributed by atoms with Crippen LogP contribution in [-0.2, 0) is 23.1 Å². The van der Waals surface area contributed by atoms with Crippen molar-refractivity contribution < 1.29 is 12.8 Å². The molecule has 0 spiro atoms. The molecule has 0 unspecified atom stereocenters. The molecule has 7 nitrogen and oxygen atoms in total. The third-order valence-electron chi connectivity index (χ3n) is 5.13. The van der Waals surface area contributed by atoms with Gasteiger partial charge >= 0.3 is 0 Å². The molecule has 2 aromatic carbocycles. The van der Waals surface area contributed by atoms with E-state index in [0.717, 1.165) is 0 Å². The summed E-state index contributed by atoms with van der Waals surface area (Å²) in [6, 6.07) is 13.5. The molecule has 10 heteroatoms. The third-order valence-corrected chi connectivity index (χ3v) is 7.13. The molecule has 1 saturated heterocycles. The van der Waals surface area contributed by atoms with Gasteiger partial charge in [0.2, 0.25) is 10.0 Å². The minimum atomic E-state index is -3.57. The lowest BCUT2D eigenvalue weighted by atomic mass is 10.2. The summed E-state index contributed by atoms with van der Waals surface area (Å²) in [5.41, 5.74) is 1.18. The summed E-state index contributed by atoms with van der Waals surface area (Å²) in [5, 5.41) is 6.18. The van der Waals surface area contributed by atoms with Crippen molar-refractivity contribution in [2.45, 2.75) is 18.0 Å². The molecule has 0 aliphatic carbocycles. The van der Waals surface area contributed by atoms with Crippen molar-refractivity contribution >= 4 is 40.0 Å². The Morgan fingerprint density at radius 3 is 2.13 bits per heavy atom. The van der Waals surface area contributed by atoms with Crippen LogP contribution in [-0.4, -0.2) is 63.9 Å². The van der Waals surface area contributed by atoms with Gasteiger partial charge in [0.1, 0.15) is 5.82 Å². The maximum atomic E-state index is 13.8. The first-order chi connectivity index (χ1) is 14.4. The van der Waals surface area contributed by atoms with Crippen LogP contribution in [0.3, 0.4) is 0 Å². The molecule has 170 valence electrons. The quantitative estimate of drug-likeness (QED) is 0.322. The molecule has 1 fully saturated rings. The number of nitrogens with zero attached hydrogens (tertiary/aromatic N) is 3. The molecule has 1 aliphatic heterocycles. The Hall–Kier alpha value is -1.76. The van der Waals surface area contributed by atoms with Gasteiger partial charge in [-0.15, -0.1) is 24.0 Å². The molecule has 0 aromatic heterocycles. The lowest BCUT2D eigenvalue weighted by Crippen LogP contribution is -2.47. The van der Waals surface area contributed by atoms with Gasteiger partial charge < -0.3 is 15.5 Å². The van der Waals surface area contributed by atoms with Crippen molar-refractivity contribution in [2.75, 3.05) is 40.3 Å². The first kappa shape index (κ1) is 25.5. The van der Waals surface area contributed by atoms with Gasteiger partial charge in [-0.1, -0.05) is 36.4 Å². The number of sulfonamides is 1. The van der Waals surface area contributed by atoms with Crippen LogP contribution in [0.25, 0.3) is 0 Å². The van der Waals surface area contributed by atoms with Crippen molar-refractivity contribution in [3.8, 4) is 0 Å². The molecule has 2 N–H and O–H groups in total. The maximum Gasteiger partial charge on any atom is 0.243 e. The summed E-state index contributed by atoms with van der Waals surface area (Å²) in [7, 11) is 0.0277. The Morgan fingerprint density at radius 2 is 1.52 bits per heavy atom. The van der Waals surface area contributed by atoms with Crippen LogP contribution in [0.2, 0.25) is 0 Å². The van der Waals surface area contributed by atoms with Gasteiger partial charge in [0.25, 0.3) is 0 Å². The first-order valence-electron chi connectivity index (χ1n) is 9.86. The van der Waals surface area contributed by atoms with Gasteiger partial charge in [0, 0.05) is 51.9 Å². The van der Waals surface area contributed by atoms with Crippen LogP contribution < -0.4 is 10.6 Å². The van der Waals surface area contributed by atoms with E-state index < -0.39 is 10.0 Å². The highest BCUT2D eigenvalue weighted by Gasteiger charge is 2.29. The zero-order chi connectivity index (χ0) is 21.6. The number of aliphatic imine (C=N–C) groups is 1. The van der Waals surface area contributed by atoms with Gasteiger partial charge in [0.15, 0.2) is 5.96 Å². The summed E-state index contributed by atoms with van der Waals surface area (Å²) < 4.78 is 41.7. The summed E-state index contributed by atoms with van der Waals surface area (Å²) in [6.45, 7) is 2.94. The number of hydrogen-bond donors (Lipinski definition) is 2. The van der Waals surface area contributed by atoms with Crippen molar-refractivity contribution in [2.24, 2.45) is 4.99 Å². The molecule has 1 aliphatic rings. The molecule has 0 saturated carbocycles. The van der Waals surface area contributed by atoms with E-state index in [4.69, 9.17) is 0 Å². The summed E-state index contributed by atoms with van der Waals surface area (Å²) in [6.07, 6.45) is 0. The Bertz CT molecular complexity index is 995. The summed E-state index contributed by atoms with van der Waals surface area (Å²) in [5.74, 6) is 0.175. The Balaban J connectivity index is 0.00000341. The number of guanidine groups is 1. The zero-order valence-corrected chi connectivity index (χ0v) is 20.9. The summed E-state index contributed by atoms with van der Waals surface area (Å²) in [4.78, 5) is 6.56. The second-order valence-corrected chi connectivity index (χ2v) is 9.09. The number of nitrogens with one attached hydrogen (secondary N) is 2. The largest absolute Gasteiger partial charge is 0.352 e. The number of likely N-dealkylation sites (N-methyl/N-ethyl adjacent to an activating group) is 1. The smallest absolute Gasteiger partial charge is 0.243 e. The van der Waals surface area contributed by atoms with Crippen LogP contribution in [0.1, 0.15) is 11.1 Å². The molecule has 0 radical (unpaired) electrons. The van der Waals surface area contributed by atoms with Crippen molar-refractivity contribution in [3.63, 3.8) is 0 Å². The fraction of sp³-hybridized carbons (Fsp3) is 0.381. The second-order valence-electron chi connectivity index (χ2n) is 7.19. The molecule has 0 bridgehead atoms. The number of rotatable bonds is 6. The zero-order valence-electron chi connectivity index (χ0n) is 17.7. The van der Waals surface area contributed by atoms with Gasteiger partial charge in [0.05, 0.1) is 4.90 Å². The molecular formula is C21H29FIN5O2S. The van der Waals surface area contributed by atoms with Gasteiger partial charge in [-0.3, -0.25) is 4.99 Å². The molecule has 3 rings (SSSR count). The van der Waals surface area contributed by atoms with Crippen LogP contribution in [0.15, 0.2) is 58.4 Å². The monoisotopic (exact) mass is 561 g/mol. The predicted octanol–water partition coefficient (Wildman–Crippen LogP) is 2.25. The van der Waals surface area contributed by atoms with Crippen molar-refractivity contribution in [1.82, 2.24) is 19.8 Å². The van der Waals surface area contributed by atoms with E-state index in [0.29, 0.717) is 48.2 Å². The van der Waals surface area contributed by atoms with Crippen LogP contribution in [0.4, 0.5) is 4.39 Å². The number of halogens is 2. The van der Waals surface area contributed by atoms with Gasteiger partial charge in [-0.05, 0) is 24.7 Å². The normalized spacial score (nSPS) is 15.9. The second kappa shape index (κ2) is 11.7. The fourth-order valence-electron chi connectivity index (χ4n) is 3.29. The third kappa shape index (κ3) is 6.61. The highest BCUT2D eigenvalue weighted by Crippen LogP contribution is 2.21. The maximum absolute atomic E-state index is 13.8. The number of piperazine rings is 1. The Kier molecular flexibility index (Phi) is 9.66. The van der Waals surface area contributed by atoms with Crippen molar-refractivity contribution in [3.05, 3.63) is 65.5 Å². The van der Waals surface area contributed by atoms with E-state index in [2.05, 4.69) is 20.5 Å². The molecule has 31 heavy (non-hydrogen) atoms. The van der Waals surface area contributed by atoms with Gasteiger partial charge in [-0.2, -0.15) is 4.31 Å². The van der Waals surface area contributed by atoms with E-state index in [-0.39, 0.29) is 42.9 Å². The van der Waals surface area contributed by atoms with E-state index in [1.54, 1.807) is 43.4 Å². The average Bonchev–Trinajstić information content (AvgIpc) is 2.75. The highest BCUT2D eigenvalue weighted by atomic mass is 127. The van der Waals surface area contributed by atoms with E-state index >= 15 is 0 Å². The van der Waals surface area contributed by atoms with E-state index in [1.807, 2.05) is 13.1 Å². The lowest BCUT2D eigenvalue weighted by molar-refractivity contribution is 0.222. The number of benzene rings is 2. The highest BCUT2D eigenvalue weighted by molar-refractivity contribution is 14.0. The minimum absolute atomic E-state index is 0. The lowest BCUT2D eigenvalue weighted by Gasteiger charge is -2.32. The molecule has 2 aromatic rings. The Labute approximate surface area is 200 Å². The molecular weight excluding hydrogens is 532 g/mol. The minimum Gasteiger partial charge on any atom is -0.352 e. The summed E-state index contributed by atoms with van der Waals surface area (Å²) >= 11 is 0. The van der Waals surface area contributed by atoms with Crippen LogP contribution in [0.5, 0.6) is 0 Å². The van der Waals surface area contributed by atoms with Crippen LogP contribution >= 0.6 is 24.0 Å². The molecule has 0 atom stereocenters. The van der Waals surface area contributed by atoms with Crippen LogP contribution in [0, 0.1) is 5.82 Å². The molecule has 1 heterocycles. The Morgan fingerprint density at radius 1 is 0.968 bits per heavy atom. The topological polar surface area (TPSA) is 77.0 Å². The van der Waals surface area contributed by atoms with Crippen molar-refractivity contribution in [1.29, 1.82) is 0 Å². The van der Waals surface area contributed by atoms with E-state index in [1.165, 1.54) is 10.4 Å².